The van der Waals surface area contributed by atoms with Crippen molar-refractivity contribution in [3.05, 3.63) is 53.8 Å². The summed E-state index contributed by atoms with van der Waals surface area (Å²) in [6, 6.07) is 12.2. The van der Waals surface area contributed by atoms with Gasteiger partial charge in [0.1, 0.15) is 11.6 Å². The maximum Gasteiger partial charge on any atom is 0.123 e. The van der Waals surface area contributed by atoms with E-state index in [0.29, 0.717) is 5.69 Å². The van der Waals surface area contributed by atoms with Crippen LogP contribution in [0, 0.1) is 5.82 Å². The van der Waals surface area contributed by atoms with Gasteiger partial charge in [0.05, 0.1) is 18.5 Å². The molecule has 0 aliphatic carbocycles. The van der Waals surface area contributed by atoms with Gasteiger partial charge >= 0.3 is 0 Å². The molecule has 0 aromatic heterocycles. The zero-order valence-corrected chi connectivity index (χ0v) is 11.7. The van der Waals surface area contributed by atoms with Crippen molar-refractivity contribution in [2.45, 2.75) is 19.4 Å². The van der Waals surface area contributed by atoms with Gasteiger partial charge in [0, 0.05) is 12.1 Å². The Labute approximate surface area is 118 Å². The van der Waals surface area contributed by atoms with E-state index in [1.807, 2.05) is 18.2 Å². The molecule has 20 heavy (non-hydrogen) atoms. The zero-order chi connectivity index (χ0) is 14.5. The highest BCUT2D eigenvalue weighted by molar-refractivity contribution is 5.68. The van der Waals surface area contributed by atoms with Crippen molar-refractivity contribution in [1.29, 1.82) is 0 Å². The first-order valence-corrected chi connectivity index (χ1v) is 6.53. The molecule has 106 valence electrons. The van der Waals surface area contributed by atoms with E-state index in [2.05, 4.69) is 12.2 Å². The fraction of sp³-hybridized carbons (Fsp3) is 0.250. The van der Waals surface area contributed by atoms with Gasteiger partial charge in [-0.15, -0.1) is 0 Å². The average Bonchev–Trinajstić information content (AvgIpc) is 2.44. The van der Waals surface area contributed by atoms with E-state index in [-0.39, 0.29) is 11.9 Å². The second-order valence-corrected chi connectivity index (χ2v) is 4.83. The molecule has 3 N–H and O–H groups in total. The summed E-state index contributed by atoms with van der Waals surface area (Å²) in [6.45, 7) is 2.06. The van der Waals surface area contributed by atoms with Crippen LogP contribution in [0.25, 0.3) is 0 Å². The van der Waals surface area contributed by atoms with Crippen molar-refractivity contribution in [3.63, 3.8) is 0 Å². The molecule has 0 saturated heterocycles. The molecule has 0 aliphatic heterocycles. The first kappa shape index (κ1) is 14.2. The molecule has 2 rings (SSSR count). The summed E-state index contributed by atoms with van der Waals surface area (Å²) in [5.74, 6) is 0.544. The van der Waals surface area contributed by atoms with Crippen LogP contribution >= 0.6 is 0 Å². The smallest absolute Gasteiger partial charge is 0.123 e. The highest BCUT2D eigenvalue weighted by atomic mass is 19.1. The highest BCUT2D eigenvalue weighted by Crippen LogP contribution is 2.25. The number of hydrogen-bond acceptors (Lipinski definition) is 3. The maximum absolute atomic E-state index is 12.9. The molecular formula is C16H19FN2O. The second-order valence-electron chi connectivity index (χ2n) is 4.83. The molecule has 0 radical (unpaired) electrons. The van der Waals surface area contributed by atoms with E-state index in [1.54, 1.807) is 19.2 Å². The third-order valence-electron chi connectivity index (χ3n) is 3.12. The molecule has 0 saturated carbocycles. The lowest BCUT2D eigenvalue weighted by Gasteiger charge is -2.17. The van der Waals surface area contributed by atoms with Gasteiger partial charge in [0.25, 0.3) is 0 Å². The van der Waals surface area contributed by atoms with Crippen molar-refractivity contribution in [2.24, 2.45) is 0 Å². The monoisotopic (exact) mass is 274 g/mol. The van der Waals surface area contributed by atoms with Crippen LogP contribution in [0.1, 0.15) is 12.5 Å². The number of hydrogen-bond donors (Lipinski definition) is 2. The number of nitrogens with one attached hydrogen (secondary N) is 1. The molecule has 1 atom stereocenters. The van der Waals surface area contributed by atoms with Gasteiger partial charge in [-0.2, -0.15) is 0 Å². The average molecular weight is 274 g/mol. The highest BCUT2D eigenvalue weighted by Gasteiger charge is 2.07. The Kier molecular flexibility index (Phi) is 4.45. The fourth-order valence-corrected chi connectivity index (χ4v) is 2.08. The molecule has 0 spiro atoms. The predicted molar refractivity (Wildman–Crippen MR) is 80.6 cm³/mol. The van der Waals surface area contributed by atoms with Crippen LogP contribution in [0.5, 0.6) is 5.75 Å². The molecule has 0 amide bonds. The van der Waals surface area contributed by atoms with Crippen LogP contribution in [0.2, 0.25) is 0 Å². The normalized spacial score (nSPS) is 11.9. The third-order valence-corrected chi connectivity index (χ3v) is 3.12. The van der Waals surface area contributed by atoms with Crippen LogP contribution < -0.4 is 15.8 Å². The third kappa shape index (κ3) is 3.63. The Morgan fingerprint density at radius 3 is 2.55 bits per heavy atom. The molecule has 0 fully saturated rings. The first-order chi connectivity index (χ1) is 9.58. The molecule has 0 aliphatic rings. The number of ether oxygens (including phenoxy) is 1. The van der Waals surface area contributed by atoms with Crippen molar-refractivity contribution in [3.8, 4) is 5.75 Å². The predicted octanol–water partition coefficient (Wildman–Crippen LogP) is 3.46. The van der Waals surface area contributed by atoms with E-state index in [9.17, 15) is 4.39 Å². The summed E-state index contributed by atoms with van der Waals surface area (Å²) in [4.78, 5) is 0. The summed E-state index contributed by atoms with van der Waals surface area (Å²) in [5, 5.41) is 3.35. The minimum Gasteiger partial charge on any atom is -0.497 e. The number of rotatable bonds is 5. The van der Waals surface area contributed by atoms with Crippen molar-refractivity contribution < 1.29 is 9.13 Å². The van der Waals surface area contributed by atoms with Gasteiger partial charge in [-0.05, 0) is 43.2 Å². The minimum atomic E-state index is -0.216. The quantitative estimate of drug-likeness (QED) is 0.821. The minimum absolute atomic E-state index is 0.176. The number of anilines is 2. The first-order valence-electron chi connectivity index (χ1n) is 6.53. The Bertz CT molecular complexity index is 569. The standard InChI is InChI=1S/C16H19FN2O/c1-11(9-12-3-5-13(17)6-4-12)19-16-10-14(20-2)7-8-15(16)18/h3-8,10-11,19H,9,18H2,1-2H3. The molecule has 0 bridgehead atoms. The Balaban J connectivity index is 2.04. The maximum atomic E-state index is 12.9. The molecule has 4 heteroatoms. The molecule has 0 heterocycles. The van der Waals surface area contributed by atoms with Crippen LogP contribution in [0.3, 0.4) is 0 Å². The number of benzene rings is 2. The van der Waals surface area contributed by atoms with Gasteiger partial charge in [0.15, 0.2) is 0 Å². The Hall–Kier alpha value is -2.23. The lowest BCUT2D eigenvalue weighted by atomic mass is 10.1. The largest absolute Gasteiger partial charge is 0.497 e. The van der Waals surface area contributed by atoms with Crippen LogP contribution in [-0.4, -0.2) is 13.2 Å². The summed E-state index contributed by atoms with van der Waals surface area (Å²) in [6.07, 6.45) is 0.789. The number of halogens is 1. The van der Waals surface area contributed by atoms with Crippen molar-refractivity contribution in [1.82, 2.24) is 0 Å². The molecule has 2 aromatic carbocycles. The summed E-state index contributed by atoms with van der Waals surface area (Å²) in [5.41, 5.74) is 8.54. The summed E-state index contributed by atoms with van der Waals surface area (Å²) in [7, 11) is 1.62. The van der Waals surface area contributed by atoms with E-state index in [0.717, 1.165) is 23.4 Å². The van der Waals surface area contributed by atoms with E-state index in [4.69, 9.17) is 10.5 Å². The number of nitrogens with two attached hydrogens (primary N) is 1. The summed E-state index contributed by atoms with van der Waals surface area (Å²) < 4.78 is 18.0. The molecule has 1 unspecified atom stereocenters. The van der Waals surface area contributed by atoms with E-state index in [1.165, 1.54) is 12.1 Å². The van der Waals surface area contributed by atoms with Gasteiger partial charge in [0.2, 0.25) is 0 Å². The molecular weight excluding hydrogens is 255 g/mol. The van der Waals surface area contributed by atoms with Crippen LogP contribution in [0.4, 0.5) is 15.8 Å². The van der Waals surface area contributed by atoms with Crippen molar-refractivity contribution >= 4 is 11.4 Å². The van der Waals surface area contributed by atoms with Gasteiger partial charge in [-0.25, -0.2) is 4.39 Å². The van der Waals surface area contributed by atoms with Gasteiger partial charge < -0.3 is 15.8 Å². The Morgan fingerprint density at radius 2 is 1.90 bits per heavy atom. The van der Waals surface area contributed by atoms with Crippen LogP contribution in [-0.2, 0) is 6.42 Å². The lowest BCUT2D eigenvalue weighted by Crippen LogP contribution is -2.19. The lowest BCUT2D eigenvalue weighted by molar-refractivity contribution is 0.415. The molecule has 3 nitrogen and oxygen atoms in total. The molecule has 2 aromatic rings. The zero-order valence-electron chi connectivity index (χ0n) is 11.7. The fourth-order valence-electron chi connectivity index (χ4n) is 2.08. The van der Waals surface area contributed by atoms with E-state index < -0.39 is 0 Å². The second kappa shape index (κ2) is 6.28. The van der Waals surface area contributed by atoms with Crippen LogP contribution in [0.15, 0.2) is 42.5 Å². The Morgan fingerprint density at radius 1 is 1.20 bits per heavy atom. The summed E-state index contributed by atoms with van der Waals surface area (Å²) >= 11 is 0. The SMILES string of the molecule is COc1ccc(N)c(NC(C)Cc2ccc(F)cc2)c1. The van der Waals surface area contributed by atoms with Gasteiger partial charge in [-0.3, -0.25) is 0 Å². The van der Waals surface area contributed by atoms with E-state index >= 15 is 0 Å². The number of methoxy groups -OCH3 is 1. The number of nitrogen functional groups attached to an aromatic ring is 1. The van der Waals surface area contributed by atoms with Crippen molar-refractivity contribution in [2.75, 3.05) is 18.2 Å². The van der Waals surface area contributed by atoms with Gasteiger partial charge in [-0.1, -0.05) is 12.1 Å². The topological polar surface area (TPSA) is 47.3 Å².